The molecule has 0 aliphatic carbocycles. The lowest BCUT2D eigenvalue weighted by Crippen LogP contribution is -2.44. The number of carbonyl (C=O) groups excluding carboxylic acids is 3. The summed E-state index contributed by atoms with van der Waals surface area (Å²) in [5.74, 6) is 0. The highest BCUT2D eigenvalue weighted by atomic mass is 16.6. The number of ether oxygens (including phenoxy) is 2. The van der Waals surface area contributed by atoms with Crippen LogP contribution in [0.4, 0.5) is 9.59 Å². The minimum absolute atomic E-state index is 0.0402. The molecule has 0 heterocycles. The summed E-state index contributed by atoms with van der Waals surface area (Å²) >= 11 is 0. The molecule has 110 valence electrons. The van der Waals surface area contributed by atoms with Crippen molar-refractivity contribution in [2.75, 3.05) is 6.54 Å². The fourth-order valence-electron chi connectivity index (χ4n) is 1.07. The second-order valence-corrected chi connectivity index (χ2v) is 6.07. The first kappa shape index (κ1) is 17.4. The summed E-state index contributed by atoms with van der Waals surface area (Å²) in [6.07, 6.45) is -0.965. The van der Waals surface area contributed by atoms with E-state index in [9.17, 15) is 14.4 Å². The second kappa shape index (κ2) is 6.54. The van der Waals surface area contributed by atoms with Gasteiger partial charge in [0.2, 0.25) is 0 Å². The van der Waals surface area contributed by atoms with Crippen LogP contribution in [0.2, 0.25) is 0 Å². The number of amides is 2. The molecule has 0 fully saturated rings. The number of carbonyl (C=O) groups is 3. The SMILES string of the molecule is CC(C)(C)OC(=O)N(CCC=O)C(=O)OC(C)(C)C. The minimum Gasteiger partial charge on any atom is -0.443 e. The van der Waals surface area contributed by atoms with E-state index in [2.05, 4.69) is 0 Å². The first-order chi connectivity index (χ1) is 8.46. The fourth-order valence-corrected chi connectivity index (χ4v) is 1.07. The van der Waals surface area contributed by atoms with Crippen LogP contribution in [0.5, 0.6) is 0 Å². The van der Waals surface area contributed by atoms with Gasteiger partial charge < -0.3 is 14.3 Å². The summed E-state index contributed by atoms with van der Waals surface area (Å²) in [4.78, 5) is 34.9. The van der Waals surface area contributed by atoms with Crippen molar-refractivity contribution in [1.82, 2.24) is 4.90 Å². The minimum atomic E-state index is -0.816. The molecule has 2 amide bonds. The Morgan fingerprint density at radius 2 is 1.32 bits per heavy atom. The van der Waals surface area contributed by atoms with Gasteiger partial charge in [-0.3, -0.25) is 0 Å². The molecule has 6 heteroatoms. The Bertz CT molecular complexity index is 310. The van der Waals surface area contributed by atoms with Crippen molar-refractivity contribution in [3.05, 3.63) is 0 Å². The van der Waals surface area contributed by atoms with Crippen LogP contribution in [0, 0.1) is 0 Å². The summed E-state index contributed by atoms with van der Waals surface area (Å²) in [5.41, 5.74) is -1.45. The van der Waals surface area contributed by atoms with Crippen molar-refractivity contribution in [2.24, 2.45) is 0 Å². The van der Waals surface area contributed by atoms with Crippen molar-refractivity contribution in [3.8, 4) is 0 Å². The predicted molar refractivity (Wildman–Crippen MR) is 69.9 cm³/mol. The molecule has 0 aromatic heterocycles. The van der Waals surface area contributed by atoms with E-state index in [1.165, 1.54) is 0 Å². The van der Waals surface area contributed by atoms with E-state index in [-0.39, 0.29) is 13.0 Å². The monoisotopic (exact) mass is 273 g/mol. The van der Waals surface area contributed by atoms with Gasteiger partial charge in [-0.15, -0.1) is 0 Å². The lowest BCUT2D eigenvalue weighted by molar-refractivity contribution is -0.108. The molecule has 0 saturated carbocycles. The Kier molecular flexibility index (Phi) is 5.99. The highest BCUT2D eigenvalue weighted by Crippen LogP contribution is 2.14. The molecular formula is C13H23NO5. The van der Waals surface area contributed by atoms with Gasteiger partial charge in [0, 0.05) is 13.0 Å². The largest absolute Gasteiger partial charge is 0.443 e. The number of hydrogen-bond acceptors (Lipinski definition) is 5. The van der Waals surface area contributed by atoms with E-state index in [1.54, 1.807) is 41.5 Å². The van der Waals surface area contributed by atoms with E-state index in [0.717, 1.165) is 4.90 Å². The average molecular weight is 273 g/mol. The Labute approximate surface area is 114 Å². The van der Waals surface area contributed by atoms with Crippen LogP contribution in [0.25, 0.3) is 0 Å². The normalized spacial score (nSPS) is 11.7. The van der Waals surface area contributed by atoms with Crippen molar-refractivity contribution in [1.29, 1.82) is 0 Å². The molecule has 0 atom stereocenters. The van der Waals surface area contributed by atoms with Crippen molar-refractivity contribution in [2.45, 2.75) is 59.2 Å². The standard InChI is InChI=1S/C13H23NO5/c1-12(2,3)18-10(16)14(8-7-9-15)11(17)19-13(4,5)6/h9H,7-8H2,1-6H3. The van der Waals surface area contributed by atoms with Crippen LogP contribution in [0.3, 0.4) is 0 Å². The lowest BCUT2D eigenvalue weighted by atomic mass is 10.2. The molecule has 0 unspecified atom stereocenters. The molecule has 0 aromatic carbocycles. The second-order valence-electron chi connectivity index (χ2n) is 6.07. The molecule has 6 nitrogen and oxygen atoms in total. The van der Waals surface area contributed by atoms with Gasteiger partial charge >= 0.3 is 12.2 Å². The van der Waals surface area contributed by atoms with E-state index < -0.39 is 23.4 Å². The molecule has 0 aromatic rings. The number of aldehydes is 1. The molecule has 0 aliphatic rings. The van der Waals surface area contributed by atoms with E-state index >= 15 is 0 Å². The van der Waals surface area contributed by atoms with Crippen LogP contribution >= 0.6 is 0 Å². The molecule has 0 aliphatic heterocycles. The third-order valence-corrected chi connectivity index (χ3v) is 1.70. The highest BCUT2D eigenvalue weighted by Gasteiger charge is 2.30. The van der Waals surface area contributed by atoms with Gasteiger partial charge in [-0.25, -0.2) is 14.5 Å². The third kappa shape index (κ3) is 8.18. The fraction of sp³-hybridized carbons (Fsp3) is 0.769. The van der Waals surface area contributed by atoms with E-state index in [0.29, 0.717) is 6.29 Å². The van der Waals surface area contributed by atoms with Crippen molar-refractivity contribution >= 4 is 18.5 Å². The maximum atomic E-state index is 11.9. The van der Waals surface area contributed by atoms with Gasteiger partial charge in [0.1, 0.15) is 17.5 Å². The van der Waals surface area contributed by atoms with Gasteiger partial charge in [-0.2, -0.15) is 0 Å². The number of nitrogens with zero attached hydrogens (tertiary/aromatic N) is 1. The smallest absolute Gasteiger partial charge is 0.419 e. The van der Waals surface area contributed by atoms with Crippen molar-refractivity contribution < 1.29 is 23.9 Å². The quantitative estimate of drug-likeness (QED) is 0.739. The van der Waals surface area contributed by atoms with E-state index in [1.807, 2.05) is 0 Å². The van der Waals surface area contributed by atoms with Crippen LogP contribution in [0.15, 0.2) is 0 Å². The van der Waals surface area contributed by atoms with Gasteiger partial charge in [0.05, 0.1) is 0 Å². The van der Waals surface area contributed by atoms with Crippen molar-refractivity contribution in [3.63, 3.8) is 0 Å². The topological polar surface area (TPSA) is 72.9 Å². The summed E-state index contributed by atoms with van der Waals surface area (Å²) in [6, 6.07) is 0. The first-order valence-electron chi connectivity index (χ1n) is 6.13. The average Bonchev–Trinajstić information content (AvgIpc) is 2.12. The Balaban J connectivity index is 4.84. The Morgan fingerprint density at radius 3 is 1.58 bits per heavy atom. The number of rotatable bonds is 3. The number of imide groups is 1. The highest BCUT2D eigenvalue weighted by molar-refractivity contribution is 5.88. The molecule has 0 rings (SSSR count). The lowest BCUT2D eigenvalue weighted by Gasteiger charge is -2.28. The maximum absolute atomic E-state index is 11.9. The zero-order chi connectivity index (χ0) is 15.3. The first-order valence-corrected chi connectivity index (χ1v) is 6.13. The zero-order valence-electron chi connectivity index (χ0n) is 12.5. The molecule has 0 radical (unpaired) electrons. The third-order valence-electron chi connectivity index (χ3n) is 1.70. The Hall–Kier alpha value is -1.59. The van der Waals surface area contributed by atoms with Gasteiger partial charge in [-0.05, 0) is 41.5 Å². The maximum Gasteiger partial charge on any atom is 0.419 e. The Morgan fingerprint density at radius 1 is 0.947 bits per heavy atom. The molecular weight excluding hydrogens is 250 g/mol. The summed E-state index contributed by atoms with van der Waals surface area (Å²) in [5, 5.41) is 0. The molecule has 0 saturated heterocycles. The van der Waals surface area contributed by atoms with E-state index in [4.69, 9.17) is 9.47 Å². The van der Waals surface area contributed by atoms with Gasteiger partial charge in [-0.1, -0.05) is 0 Å². The summed E-state index contributed by atoms with van der Waals surface area (Å²) in [7, 11) is 0. The molecule has 0 spiro atoms. The van der Waals surface area contributed by atoms with Gasteiger partial charge in [0.25, 0.3) is 0 Å². The number of hydrogen-bond donors (Lipinski definition) is 0. The van der Waals surface area contributed by atoms with Crippen LogP contribution in [-0.4, -0.2) is 41.1 Å². The predicted octanol–water partition coefficient (Wildman–Crippen LogP) is 2.75. The zero-order valence-corrected chi connectivity index (χ0v) is 12.5. The molecule has 0 bridgehead atoms. The van der Waals surface area contributed by atoms with Crippen LogP contribution in [0.1, 0.15) is 48.0 Å². The van der Waals surface area contributed by atoms with Crippen LogP contribution < -0.4 is 0 Å². The molecule has 0 N–H and O–H groups in total. The summed E-state index contributed by atoms with van der Waals surface area (Å²) < 4.78 is 10.2. The molecule has 19 heavy (non-hydrogen) atoms. The summed E-state index contributed by atoms with van der Waals surface area (Å²) in [6.45, 7) is 10.1. The van der Waals surface area contributed by atoms with Gasteiger partial charge in [0.15, 0.2) is 0 Å². The van der Waals surface area contributed by atoms with Crippen LogP contribution in [-0.2, 0) is 14.3 Å².